The molecule has 2 aliphatic rings. The number of aliphatic hydroxyl groups is 1. The lowest BCUT2D eigenvalue weighted by molar-refractivity contribution is -0.187. The molecule has 31 heavy (non-hydrogen) atoms. The van der Waals surface area contributed by atoms with E-state index in [2.05, 4.69) is 20.6 Å². The quantitative estimate of drug-likeness (QED) is 0.461. The fourth-order valence-electron chi connectivity index (χ4n) is 4.42. The Hall–Kier alpha value is -2.14. The van der Waals surface area contributed by atoms with E-state index in [0.29, 0.717) is 49.8 Å². The van der Waals surface area contributed by atoms with Gasteiger partial charge in [-0.1, -0.05) is 6.42 Å². The summed E-state index contributed by atoms with van der Waals surface area (Å²) >= 11 is 0. The summed E-state index contributed by atoms with van der Waals surface area (Å²) in [5.74, 6) is 0.364. The maximum atomic E-state index is 12.3. The van der Waals surface area contributed by atoms with Crippen molar-refractivity contribution in [1.29, 1.82) is 0 Å². The van der Waals surface area contributed by atoms with E-state index in [-0.39, 0.29) is 24.3 Å². The van der Waals surface area contributed by atoms with E-state index >= 15 is 0 Å². The van der Waals surface area contributed by atoms with E-state index in [9.17, 15) is 23.1 Å². The number of carbonyl (C=O) groups is 1. The van der Waals surface area contributed by atoms with Gasteiger partial charge in [-0.3, -0.25) is 4.79 Å². The molecule has 1 aromatic heterocycles. The Labute approximate surface area is 179 Å². The monoisotopic (exact) mass is 445 g/mol. The molecule has 1 aromatic rings. The van der Waals surface area contributed by atoms with Crippen LogP contribution in [0.4, 0.5) is 24.9 Å². The largest absolute Gasteiger partial charge is 0.411 e. The van der Waals surface area contributed by atoms with E-state index in [1.807, 2.05) is 0 Å². The molecule has 3 rings (SSSR count). The van der Waals surface area contributed by atoms with Crippen LogP contribution in [0.3, 0.4) is 0 Å². The number of nitrogens with zero attached hydrogens (tertiary/aromatic N) is 2. The average molecular weight is 445 g/mol. The smallest absolute Gasteiger partial charge is 0.396 e. The van der Waals surface area contributed by atoms with E-state index < -0.39 is 24.8 Å². The van der Waals surface area contributed by atoms with Crippen LogP contribution in [0.1, 0.15) is 61.7 Å². The molecular weight excluding hydrogens is 415 g/mol. The molecule has 0 bridgehead atoms. The standard InChI is InChI=1S/C20H30F3N5O3/c21-20(22,23)11-31-14-6-4-13(5-7-14)26-19-25-10-15(17(24)30)18(28-19)27-16-3-1-2-12(16)8-9-29/h10,12-14,16,29H,1-9,11H2,(H2,24,30)(H2,25,26,27,28)/t12-,13?,14?,16+/m0/s1. The fourth-order valence-corrected chi connectivity index (χ4v) is 4.42. The topological polar surface area (TPSA) is 122 Å². The summed E-state index contributed by atoms with van der Waals surface area (Å²) in [6, 6.07) is 0.0980. The molecule has 2 atom stereocenters. The first kappa shape index (κ1) is 23.5. The minimum Gasteiger partial charge on any atom is -0.396 e. The minimum atomic E-state index is -4.32. The molecule has 1 heterocycles. The van der Waals surface area contributed by atoms with Crippen molar-refractivity contribution in [3.63, 3.8) is 0 Å². The number of hydrogen-bond donors (Lipinski definition) is 4. The number of aromatic nitrogens is 2. The highest BCUT2D eigenvalue weighted by Crippen LogP contribution is 2.31. The van der Waals surface area contributed by atoms with Gasteiger partial charge in [0.05, 0.1) is 11.7 Å². The highest BCUT2D eigenvalue weighted by Gasteiger charge is 2.31. The van der Waals surface area contributed by atoms with Crippen molar-refractivity contribution in [2.24, 2.45) is 11.7 Å². The highest BCUT2D eigenvalue weighted by molar-refractivity contribution is 5.97. The number of nitrogens with two attached hydrogens (primary N) is 1. The maximum absolute atomic E-state index is 12.3. The lowest BCUT2D eigenvalue weighted by Crippen LogP contribution is -2.33. The van der Waals surface area contributed by atoms with Crippen molar-refractivity contribution in [3.8, 4) is 0 Å². The molecule has 0 aliphatic heterocycles. The second-order valence-electron chi connectivity index (χ2n) is 8.32. The molecule has 2 aliphatic carbocycles. The van der Waals surface area contributed by atoms with Gasteiger partial charge in [0.2, 0.25) is 5.95 Å². The Morgan fingerprint density at radius 2 is 1.94 bits per heavy atom. The molecule has 0 saturated heterocycles. The second-order valence-corrected chi connectivity index (χ2v) is 8.32. The molecule has 174 valence electrons. The van der Waals surface area contributed by atoms with Crippen molar-refractivity contribution in [2.45, 2.75) is 75.7 Å². The molecular formula is C20H30F3N5O3. The molecule has 2 saturated carbocycles. The third-order valence-electron chi connectivity index (χ3n) is 6.03. The number of primary amides is 1. The van der Waals surface area contributed by atoms with Gasteiger partial charge >= 0.3 is 6.18 Å². The van der Waals surface area contributed by atoms with Crippen molar-refractivity contribution in [1.82, 2.24) is 9.97 Å². The molecule has 0 unspecified atom stereocenters. The summed E-state index contributed by atoms with van der Waals surface area (Å²) < 4.78 is 41.9. The third kappa shape index (κ3) is 6.93. The van der Waals surface area contributed by atoms with Gasteiger partial charge in [0.1, 0.15) is 12.4 Å². The first-order chi connectivity index (χ1) is 14.7. The number of hydrogen-bond acceptors (Lipinski definition) is 7. The summed E-state index contributed by atoms with van der Waals surface area (Å²) in [7, 11) is 0. The second kappa shape index (κ2) is 10.4. The van der Waals surface area contributed by atoms with E-state index in [4.69, 9.17) is 10.5 Å². The lowest BCUT2D eigenvalue weighted by atomic mass is 9.93. The number of alkyl halides is 3. The van der Waals surface area contributed by atoms with Crippen LogP contribution >= 0.6 is 0 Å². The summed E-state index contributed by atoms with van der Waals surface area (Å²) in [6.07, 6.45) is 2.59. The molecule has 0 spiro atoms. The SMILES string of the molecule is NC(=O)c1cnc(NC2CCC(OCC(F)(F)F)CC2)nc1N[C@@H]1CCC[C@H]1CCO. The van der Waals surface area contributed by atoms with Crippen LogP contribution in [0, 0.1) is 5.92 Å². The van der Waals surface area contributed by atoms with Gasteiger partial charge < -0.3 is 26.2 Å². The van der Waals surface area contributed by atoms with Gasteiger partial charge in [-0.2, -0.15) is 18.2 Å². The maximum Gasteiger partial charge on any atom is 0.411 e. The summed E-state index contributed by atoms with van der Waals surface area (Å²) in [4.78, 5) is 20.5. The Morgan fingerprint density at radius 1 is 1.19 bits per heavy atom. The van der Waals surface area contributed by atoms with Gasteiger partial charge in [0, 0.05) is 24.9 Å². The van der Waals surface area contributed by atoms with Gasteiger partial charge in [-0.15, -0.1) is 0 Å². The van der Waals surface area contributed by atoms with Crippen LogP contribution in [0.25, 0.3) is 0 Å². The van der Waals surface area contributed by atoms with E-state index in [1.165, 1.54) is 6.20 Å². The normalized spacial score (nSPS) is 26.6. The van der Waals surface area contributed by atoms with Gasteiger partial charge in [-0.25, -0.2) is 4.98 Å². The van der Waals surface area contributed by atoms with Crippen molar-refractivity contribution >= 4 is 17.7 Å². The van der Waals surface area contributed by atoms with Crippen molar-refractivity contribution in [2.75, 3.05) is 23.8 Å². The first-order valence-electron chi connectivity index (χ1n) is 10.7. The summed E-state index contributed by atoms with van der Waals surface area (Å²) in [5, 5.41) is 15.8. The van der Waals surface area contributed by atoms with Crippen LogP contribution in [0.2, 0.25) is 0 Å². The van der Waals surface area contributed by atoms with E-state index in [1.54, 1.807) is 0 Å². The molecule has 11 heteroatoms. The number of anilines is 2. The molecule has 2 fully saturated rings. The lowest BCUT2D eigenvalue weighted by Gasteiger charge is -2.29. The highest BCUT2D eigenvalue weighted by atomic mass is 19.4. The summed E-state index contributed by atoms with van der Waals surface area (Å²) in [5.41, 5.74) is 5.68. The number of rotatable bonds is 9. The Kier molecular flexibility index (Phi) is 7.93. The third-order valence-corrected chi connectivity index (χ3v) is 6.03. The summed E-state index contributed by atoms with van der Waals surface area (Å²) in [6.45, 7) is -1.11. The van der Waals surface area contributed by atoms with Crippen LogP contribution in [0.5, 0.6) is 0 Å². The number of carbonyl (C=O) groups excluding carboxylic acids is 1. The van der Waals surface area contributed by atoms with Gasteiger partial charge in [0.25, 0.3) is 5.91 Å². The number of halogens is 3. The Morgan fingerprint density at radius 3 is 2.58 bits per heavy atom. The number of nitrogens with one attached hydrogen (secondary N) is 2. The number of amides is 1. The molecule has 5 N–H and O–H groups in total. The fraction of sp³-hybridized carbons (Fsp3) is 0.750. The number of aliphatic hydroxyl groups excluding tert-OH is 1. The average Bonchev–Trinajstić information content (AvgIpc) is 3.14. The van der Waals surface area contributed by atoms with Crippen molar-refractivity contribution in [3.05, 3.63) is 11.8 Å². The Bertz CT molecular complexity index is 741. The molecule has 1 amide bonds. The molecule has 0 radical (unpaired) electrons. The van der Waals surface area contributed by atoms with Crippen LogP contribution in [0.15, 0.2) is 6.20 Å². The van der Waals surface area contributed by atoms with Crippen LogP contribution in [-0.4, -0.2) is 58.6 Å². The predicted molar refractivity (Wildman–Crippen MR) is 109 cm³/mol. The predicted octanol–water partition coefficient (Wildman–Crippen LogP) is 2.84. The van der Waals surface area contributed by atoms with Crippen molar-refractivity contribution < 1.29 is 27.8 Å². The van der Waals surface area contributed by atoms with Gasteiger partial charge in [-0.05, 0) is 50.9 Å². The zero-order chi connectivity index (χ0) is 22.4. The van der Waals surface area contributed by atoms with Crippen LogP contribution < -0.4 is 16.4 Å². The number of ether oxygens (including phenoxy) is 1. The zero-order valence-corrected chi connectivity index (χ0v) is 17.3. The van der Waals surface area contributed by atoms with Gasteiger partial charge in [0.15, 0.2) is 0 Å². The van der Waals surface area contributed by atoms with E-state index in [0.717, 1.165) is 19.3 Å². The molecule has 8 nitrogen and oxygen atoms in total. The first-order valence-corrected chi connectivity index (χ1v) is 10.7. The zero-order valence-electron chi connectivity index (χ0n) is 17.3. The van der Waals surface area contributed by atoms with Crippen LogP contribution in [-0.2, 0) is 4.74 Å². The minimum absolute atomic E-state index is 0.00614. The Balaban J connectivity index is 1.60. The molecule has 0 aromatic carbocycles.